The first kappa shape index (κ1) is 14.0. The fourth-order valence-corrected chi connectivity index (χ4v) is 1.93. The monoisotopic (exact) mass is 272 g/mol. The fourth-order valence-electron chi connectivity index (χ4n) is 1.93. The van der Waals surface area contributed by atoms with Crippen molar-refractivity contribution in [3.8, 4) is 0 Å². The number of nitrogen functional groups attached to an aromatic ring is 1. The van der Waals surface area contributed by atoms with Gasteiger partial charge in [0.15, 0.2) is 0 Å². The van der Waals surface area contributed by atoms with Gasteiger partial charge >= 0.3 is 0 Å². The van der Waals surface area contributed by atoms with Crippen LogP contribution >= 0.6 is 0 Å². The van der Waals surface area contributed by atoms with E-state index in [1.807, 2.05) is 31.2 Å². The zero-order valence-corrected chi connectivity index (χ0v) is 11.9. The zero-order chi connectivity index (χ0) is 14.4. The predicted molar refractivity (Wildman–Crippen MR) is 81.6 cm³/mol. The van der Waals surface area contributed by atoms with E-state index in [0.717, 1.165) is 30.4 Å². The molecule has 0 unspecified atom stereocenters. The minimum atomic E-state index is 0.276. The van der Waals surface area contributed by atoms with Crippen molar-refractivity contribution in [1.29, 1.82) is 0 Å². The van der Waals surface area contributed by atoms with Crippen molar-refractivity contribution >= 4 is 17.6 Å². The first-order valence-electron chi connectivity index (χ1n) is 6.76. The molecule has 0 spiro atoms. The first-order valence-corrected chi connectivity index (χ1v) is 6.76. The second-order valence-electron chi connectivity index (χ2n) is 4.34. The molecule has 0 aliphatic rings. The second kappa shape index (κ2) is 6.70. The molecule has 0 atom stereocenters. The van der Waals surface area contributed by atoms with Gasteiger partial charge in [0.05, 0.1) is 12.2 Å². The Balaban J connectivity index is 2.22. The van der Waals surface area contributed by atoms with Gasteiger partial charge in [0.1, 0.15) is 11.6 Å². The van der Waals surface area contributed by atoms with Crippen LogP contribution in [-0.2, 0) is 6.54 Å². The van der Waals surface area contributed by atoms with Crippen molar-refractivity contribution in [2.24, 2.45) is 0 Å². The van der Waals surface area contributed by atoms with Gasteiger partial charge in [-0.05, 0) is 26.0 Å². The Bertz CT molecular complexity index is 543. The van der Waals surface area contributed by atoms with Gasteiger partial charge in [-0.15, -0.1) is 0 Å². The molecular weight excluding hydrogens is 252 g/mol. The van der Waals surface area contributed by atoms with Crippen LogP contribution in [-0.4, -0.2) is 28.0 Å². The zero-order valence-electron chi connectivity index (χ0n) is 11.9. The lowest BCUT2D eigenvalue weighted by atomic mass is 10.3. The minimum absolute atomic E-state index is 0.276. The Kier molecular flexibility index (Phi) is 4.70. The van der Waals surface area contributed by atoms with Crippen molar-refractivity contribution < 1.29 is 0 Å². The molecule has 6 heteroatoms. The fraction of sp³-hybridized carbons (Fsp3) is 0.357. The Morgan fingerprint density at radius 2 is 2.10 bits per heavy atom. The van der Waals surface area contributed by atoms with Gasteiger partial charge in [0.25, 0.3) is 0 Å². The standard InChI is InChI=1S/C14H20N6/c1-3-16-12-9-13(19-14(15)18-12)20(4-2)10-11-7-5-6-8-17-11/h5-9H,3-4,10H2,1-2H3,(H3,15,16,18,19). The van der Waals surface area contributed by atoms with Crippen LogP contribution in [0.4, 0.5) is 17.6 Å². The van der Waals surface area contributed by atoms with E-state index in [0.29, 0.717) is 6.54 Å². The average Bonchev–Trinajstić information content (AvgIpc) is 2.45. The number of nitrogens with one attached hydrogen (secondary N) is 1. The average molecular weight is 272 g/mol. The van der Waals surface area contributed by atoms with Crippen molar-refractivity contribution in [3.05, 3.63) is 36.2 Å². The highest BCUT2D eigenvalue weighted by atomic mass is 15.2. The van der Waals surface area contributed by atoms with Crippen molar-refractivity contribution in [3.63, 3.8) is 0 Å². The number of pyridine rings is 1. The third-order valence-electron chi connectivity index (χ3n) is 2.87. The highest BCUT2D eigenvalue weighted by molar-refractivity contribution is 5.52. The van der Waals surface area contributed by atoms with Crippen molar-refractivity contribution in [2.45, 2.75) is 20.4 Å². The van der Waals surface area contributed by atoms with Crippen LogP contribution in [0.5, 0.6) is 0 Å². The maximum Gasteiger partial charge on any atom is 0.223 e. The van der Waals surface area contributed by atoms with E-state index in [1.54, 1.807) is 6.20 Å². The van der Waals surface area contributed by atoms with Crippen LogP contribution in [0.2, 0.25) is 0 Å². The maximum absolute atomic E-state index is 5.77. The van der Waals surface area contributed by atoms with Gasteiger partial charge in [-0.1, -0.05) is 6.07 Å². The summed E-state index contributed by atoms with van der Waals surface area (Å²) in [6.45, 7) is 6.40. The highest BCUT2D eigenvalue weighted by Crippen LogP contribution is 2.18. The lowest BCUT2D eigenvalue weighted by Crippen LogP contribution is -2.24. The summed E-state index contributed by atoms with van der Waals surface area (Å²) < 4.78 is 0. The number of nitrogens with two attached hydrogens (primary N) is 1. The molecule has 3 N–H and O–H groups in total. The van der Waals surface area contributed by atoms with Gasteiger partial charge in [0.2, 0.25) is 5.95 Å². The molecule has 2 rings (SSSR count). The molecule has 106 valence electrons. The van der Waals surface area contributed by atoms with E-state index >= 15 is 0 Å². The molecule has 0 fully saturated rings. The van der Waals surface area contributed by atoms with Gasteiger partial charge in [-0.2, -0.15) is 9.97 Å². The smallest absolute Gasteiger partial charge is 0.223 e. The van der Waals surface area contributed by atoms with Crippen LogP contribution in [0.25, 0.3) is 0 Å². The van der Waals surface area contributed by atoms with E-state index in [-0.39, 0.29) is 5.95 Å². The van der Waals surface area contributed by atoms with Crippen LogP contribution in [0.15, 0.2) is 30.5 Å². The number of aromatic nitrogens is 3. The van der Waals surface area contributed by atoms with E-state index in [4.69, 9.17) is 5.73 Å². The number of rotatable bonds is 6. The molecule has 0 aliphatic carbocycles. The molecule has 0 amide bonds. The van der Waals surface area contributed by atoms with E-state index in [1.165, 1.54) is 0 Å². The summed E-state index contributed by atoms with van der Waals surface area (Å²) >= 11 is 0. The predicted octanol–water partition coefficient (Wildman–Crippen LogP) is 1.91. The quantitative estimate of drug-likeness (QED) is 0.836. The van der Waals surface area contributed by atoms with Crippen LogP contribution < -0.4 is 16.0 Å². The van der Waals surface area contributed by atoms with Crippen LogP contribution in [0, 0.1) is 0 Å². The van der Waals surface area contributed by atoms with Gasteiger partial charge in [-0.3, -0.25) is 4.98 Å². The Morgan fingerprint density at radius 1 is 1.25 bits per heavy atom. The molecule has 6 nitrogen and oxygen atoms in total. The molecule has 20 heavy (non-hydrogen) atoms. The lowest BCUT2D eigenvalue weighted by molar-refractivity contribution is 0.792. The van der Waals surface area contributed by atoms with Gasteiger partial charge in [0, 0.05) is 25.4 Å². The Hall–Kier alpha value is -2.37. The van der Waals surface area contributed by atoms with E-state index in [9.17, 15) is 0 Å². The topological polar surface area (TPSA) is 80.0 Å². The van der Waals surface area contributed by atoms with Crippen molar-refractivity contribution in [1.82, 2.24) is 15.0 Å². The Morgan fingerprint density at radius 3 is 2.75 bits per heavy atom. The van der Waals surface area contributed by atoms with Crippen LogP contribution in [0.1, 0.15) is 19.5 Å². The molecule has 2 aromatic heterocycles. The van der Waals surface area contributed by atoms with Crippen molar-refractivity contribution in [2.75, 3.05) is 29.0 Å². The van der Waals surface area contributed by atoms with Gasteiger partial charge < -0.3 is 16.0 Å². The molecule has 0 aliphatic heterocycles. The molecule has 0 bridgehead atoms. The molecule has 0 aromatic carbocycles. The summed E-state index contributed by atoms with van der Waals surface area (Å²) in [5.74, 6) is 1.83. The third kappa shape index (κ3) is 3.57. The molecule has 2 heterocycles. The summed E-state index contributed by atoms with van der Waals surface area (Å²) in [4.78, 5) is 14.9. The number of hydrogen-bond donors (Lipinski definition) is 2. The van der Waals surface area contributed by atoms with Gasteiger partial charge in [-0.25, -0.2) is 0 Å². The minimum Gasteiger partial charge on any atom is -0.370 e. The lowest BCUT2D eigenvalue weighted by Gasteiger charge is -2.22. The molecular formula is C14H20N6. The highest BCUT2D eigenvalue weighted by Gasteiger charge is 2.10. The first-order chi connectivity index (χ1) is 9.72. The van der Waals surface area contributed by atoms with E-state index in [2.05, 4.69) is 32.1 Å². The molecule has 0 saturated carbocycles. The summed E-state index contributed by atoms with van der Waals surface area (Å²) in [5.41, 5.74) is 6.77. The van der Waals surface area contributed by atoms with E-state index < -0.39 is 0 Å². The SMILES string of the molecule is CCNc1cc(N(CC)Cc2ccccn2)nc(N)n1. The molecule has 2 aromatic rings. The maximum atomic E-state index is 5.77. The number of hydrogen-bond acceptors (Lipinski definition) is 6. The normalized spacial score (nSPS) is 10.3. The Labute approximate surface area is 119 Å². The summed E-state index contributed by atoms with van der Waals surface area (Å²) in [5, 5.41) is 3.16. The number of anilines is 3. The summed E-state index contributed by atoms with van der Waals surface area (Å²) in [6, 6.07) is 7.80. The second-order valence-corrected chi connectivity index (χ2v) is 4.34. The molecule has 0 saturated heterocycles. The molecule has 0 radical (unpaired) electrons. The summed E-state index contributed by atoms with van der Waals surface area (Å²) in [7, 11) is 0. The third-order valence-corrected chi connectivity index (χ3v) is 2.87. The number of nitrogens with zero attached hydrogens (tertiary/aromatic N) is 4. The van der Waals surface area contributed by atoms with Crippen LogP contribution in [0.3, 0.4) is 0 Å². The largest absolute Gasteiger partial charge is 0.370 e. The summed E-state index contributed by atoms with van der Waals surface area (Å²) in [6.07, 6.45) is 1.79.